The number of esters is 1. The average Bonchev–Trinajstić information content (AvgIpc) is 2.38. The predicted molar refractivity (Wildman–Crippen MR) is 66.2 cm³/mol. The lowest BCUT2D eigenvalue weighted by molar-refractivity contribution is -0.134. The normalized spacial score (nSPS) is 11.5. The zero-order chi connectivity index (χ0) is 13.5. The maximum atomic E-state index is 12.0. The highest BCUT2D eigenvalue weighted by Gasteiger charge is 2.17. The molecule has 0 fully saturated rings. The van der Waals surface area contributed by atoms with Crippen molar-refractivity contribution in [2.75, 3.05) is 7.11 Å². The Balaban J connectivity index is 3.17. The molecule has 0 bridgehead atoms. The van der Waals surface area contributed by atoms with E-state index in [0.717, 1.165) is 11.8 Å². The van der Waals surface area contributed by atoms with Crippen LogP contribution < -0.4 is 0 Å². The third-order valence-electron chi connectivity index (χ3n) is 2.15. The molecule has 6 heteroatoms. The summed E-state index contributed by atoms with van der Waals surface area (Å²) in [4.78, 5) is 11.6. The van der Waals surface area contributed by atoms with Gasteiger partial charge in [-0.05, 0) is 11.1 Å². The third kappa shape index (κ3) is 3.80. The number of carbonyl (C=O) groups excluding carboxylic acids is 1. The molecule has 0 N–H and O–H groups in total. The van der Waals surface area contributed by atoms with Crippen molar-refractivity contribution in [3.8, 4) is 0 Å². The molecule has 1 aromatic rings. The minimum absolute atomic E-state index is 0.0483. The smallest absolute Gasteiger partial charge is 0.386 e. The van der Waals surface area contributed by atoms with Crippen molar-refractivity contribution < 1.29 is 23.0 Å². The van der Waals surface area contributed by atoms with E-state index in [9.17, 15) is 13.6 Å². The van der Waals surface area contributed by atoms with Gasteiger partial charge in [-0.25, -0.2) is 4.79 Å². The van der Waals surface area contributed by atoms with Gasteiger partial charge in [0.1, 0.15) is 11.8 Å². The van der Waals surface area contributed by atoms with Crippen LogP contribution in [0.1, 0.15) is 11.1 Å². The minimum atomic E-state index is -2.99. The van der Waals surface area contributed by atoms with Crippen molar-refractivity contribution >= 4 is 27.5 Å². The van der Waals surface area contributed by atoms with Gasteiger partial charge in [-0.15, -0.1) is 0 Å². The third-order valence-corrected chi connectivity index (χ3v) is 2.75. The van der Waals surface area contributed by atoms with Crippen LogP contribution in [0.25, 0.3) is 5.57 Å². The summed E-state index contributed by atoms with van der Waals surface area (Å²) in [7, 11) is 1.18. The zero-order valence-corrected chi connectivity index (χ0v) is 11.1. The van der Waals surface area contributed by atoms with E-state index >= 15 is 0 Å². The summed E-state index contributed by atoms with van der Waals surface area (Å²) in [5, 5.41) is 0.478. The fourth-order valence-corrected chi connectivity index (χ4v) is 1.84. The van der Waals surface area contributed by atoms with Gasteiger partial charge in [0.2, 0.25) is 0 Å². The number of hydrogen-bond acceptors (Lipinski definition) is 3. The first kappa shape index (κ1) is 14.6. The number of methoxy groups -OCH3 is 1. The number of rotatable bonds is 5. The van der Waals surface area contributed by atoms with Crippen molar-refractivity contribution in [3.63, 3.8) is 0 Å². The quantitative estimate of drug-likeness (QED) is 0.361. The average molecular weight is 321 g/mol. The van der Waals surface area contributed by atoms with Crippen molar-refractivity contribution in [2.24, 2.45) is 0 Å². The Kier molecular flexibility index (Phi) is 5.77. The number of carbonyl (C=O) groups is 1. The van der Waals surface area contributed by atoms with Crippen LogP contribution in [0.4, 0.5) is 8.78 Å². The first-order valence-corrected chi connectivity index (χ1v) is 6.08. The maximum absolute atomic E-state index is 12.0. The summed E-state index contributed by atoms with van der Waals surface area (Å²) >= 11 is 3.26. The van der Waals surface area contributed by atoms with Crippen molar-refractivity contribution in [1.29, 1.82) is 0 Å². The molecule has 1 aromatic carbocycles. The van der Waals surface area contributed by atoms with Gasteiger partial charge >= 0.3 is 12.6 Å². The van der Waals surface area contributed by atoms with Crippen LogP contribution in [0, 0.1) is 0 Å². The fourth-order valence-electron chi connectivity index (χ4n) is 1.35. The van der Waals surface area contributed by atoms with Crippen molar-refractivity contribution in [1.82, 2.24) is 0 Å². The van der Waals surface area contributed by atoms with E-state index in [-0.39, 0.29) is 5.57 Å². The Bertz CT molecular complexity index is 447. The zero-order valence-electron chi connectivity index (χ0n) is 9.53. The molecule has 3 nitrogen and oxygen atoms in total. The van der Waals surface area contributed by atoms with E-state index in [1.807, 2.05) is 0 Å². The second-order valence-electron chi connectivity index (χ2n) is 3.21. The van der Waals surface area contributed by atoms with E-state index < -0.39 is 12.6 Å². The molecule has 0 heterocycles. The molecule has 98 valence electrons. The monoisotopic (exact) mass is 320 g/mol. The van der Waals surface area contributed by atoms with Gasteiger partial charge in [0, 0.05) is 5.33 Å². The topological polar surface area (TPSA) is 35.5 Å². The summed E-state index contributed by atoms with van der Waals surface area (Å²) in [6.07, 6.45) is 0.720. The van der Waals surface area contributed by atoms with E-state index in [4.69, 9.17) is 0 Å². The highest BCUT2D eigenvalue weighted by molar-refractivity contribution is 9.08. The number of alkyl halides is 3. The number of hydrogen-bond donors (Lipinski definition) is 0. The largest absolute Gasteiger partial charge is 0.465 e. The van der Waals surface area contributed by atoms with Gasteiger partial charge in [-0.1, -0.05) is 40.2 Å². The van der Waals surface area contributed by atoms with Gasteiger partial charge in [-0.2, -0.15) is 8.78 Å². The lowest BCUT2D eigenvalue weighted by Gasteiger charge is -2.10. The van der Waals surface area contributed by atoms with Crippen molar-refractivity contribution in [2.45, 2.75) is 11.9 Å². The highest BCUT2D eigenvalue weighted by atomic mass is 79.9. The molecule has 0 spiro atoms. The first-order valence-electron chi connectivity index (χ1n) is 4.96. The van der Waals surface area contributed by atoms with Crippen molar-refractivity contribution in [3.05, 3.63) is 41.7 Å². The van der Waals surface area contributed by atoms with Crippen LogP contribution in [0.2, 0.25) is 0 Å². The molecule has 0 saturated carbocycles. The molecule has 0 amide bonds. The van der Waals surface area contributed by atoms with E-state index in [2.05, 4.69) is 25.4 Å². The first-order chi connectivity index (χ1) is 8.60. The van der Waals surface area contributed by atoms with Crippen LogP contribution in [-0.2, 0) is 19.6 Å². The van der Waals surface area contributed by atoms with Gasteiger partial charge < -0.3 is 9.47 Å². The molecule has 0 atom stereocenters. The molecule has 0 radical (unpaired) electrons. The standard InChI is InChI=1S/C12H11BrF2O3/c1-17-11(16)10(7-18-12(14)15)9-5-3-2-4-8(9)6-13/h2-5,7,12H,6H2,1H3. The van der Waals surface area contributed by atoms with Crippen LogP contribution in [0.3, 0.4) is 0 Å². The number of ether oxygens (including phenoxy) is 2. The van der Waals surface area contributed by atoms with Gasteiger partial charge in [0.05, 0.1) is 7.11 Å². The molecular formula is C12H11BrF2O3. The summed E-state index contributed by atoms with van der Waals surface area (Å²) in [6, 6.07) is 6.88. The second kappa shape index (κ2) is 7.10. The predicted octanol–water partition coefficient (Wildman–Crippen LogP) is 3.33. The Morgan fingerprint density at radius 2 is 2.11 bits per heavy atom. The molecule has 0 aliphatic heterocycles. The molecule has 0 unspecified atom stereocenters. The van der Waals surface area contributed by atoms with Crippen LogP contribution >= 0.6 is 15.9 Å². The van der Waals surface area contributed by atoms with E-state index in [1.54, 1.807) is 24.3 Å². The minimum Gasteiger partial charge on any atom is -0.465 e. The van der Waals surface area contributed by atoms with Gasteiger partial charge in [-0.3, -0.25) is 0 Å². The Morgan fingerprint density at radius 3 is 2.67 bits per heavy atom. The summed E-state index contributed by atoms with van der Waals surface area (Å²) in [5.41, 5.74) is 1.21. The molecule has 0 saturated heterocycles. The van der Waals surface area contributed by atoms with Crippen LogP contribution in [0.15, 0.2) is 30.5 Å². The Labute approximate surface area is 112 Å². The lowest BCUT2D eigenvalue weighted by atomic mass is 10.0. The SMILES string of the molecule is COC(=O)C(=COC(F)F)c1ccccc1CBr. The lowest BCUT2D eigenvalue weighted by Crippen LogP contribution is -2.07. The van der Waals surface area contributed by atoms with E-state index in [1.165, 1.54) is 7.11 Å². The molecule has 1 rings (SSSR count). The van der Waals surface area contributed by atoms with Gasteiger partial charge in [0.25, 0.3) is 0 Å². The molecule has 0 aliphatic carbocycles. The fraction of sp³-hybridized carbons (Fsp3) is 0.250. The molecule has 18 heavy (non-hydrogen) atoms. The summed E-state index contributed by atoms with van der Waals surface area (Å²) in [6.45, 7) is -2.99. The summed E-state index contributed by atoms with van der Waals surface area (Å²) < 4.78 is 32.7. The van der Waals surface area contributed by atoms with Crippen LogP contribution in [-0.4, -0.2) is 19.7 Å². The van der Waals surface area contributed by atoms with Crippen LogP contribution in [0.5, 0.6) is 0 Å². The molecule has 0 aromatic heterocycles. The maximum Gasteiger partial charge on any atom is 0.386 e. The summed E-state index contributed by atoms with van der Waals surface area (Å²) in [5.74, 6) is -0.732. The Morgan fingerprint density at radius 1 is 1.44 bits per heavy atom. The van der Waals surface area contributed by atoms with Gasteiger partial charge in [0.15, 0.2) is 0 Å². The molecule has 0 aliphatic rings. The number of benzene rings is 1. The Hall–Kier alpha value is -1.43. The molecular weight excluding hydrogens is 310 g/mol. The second-order valence-corrected chi connectivity index (χ2v) is 3.77. The highest BCUT2D eigenvalue weighted by Crippen LogP contribution is 2.23. The number of halogens is 3. The van der Waals surface area contributed by atoms with E-state index in [0.29, 0.717) is 10.9 Å².